The van der Waals surface area contributed by atoms with E-state index in [0.717, 1.165) is 12.8 Å². The van der Waals surface area contributed by atoms with Gasteiger partial charge in [-0.15, -0.1) is 0 Å². The van der Waals surface area contributed by atoms with Gasteiger partial charge >= 0.3 is 0 Å². The van der Waals surface area contributed by atoms with Gasteiger partial charge in [-0.25, -0.2) is 0 Å². The minimum absolute atomic E-state index is 0.0277. The summed E-state index contributed by atoms with van der Waals surface area (Å²) in [5.74, 6) is -0.739. The fourth-order valence-corrected chi connectivity index (χ4v) is 4.42. The smallest absolute Gasteiger partial charge is 0.276 e. The van der Waals surface area contributed by atoms with E-state index in [-0.39, 0.29) is 5.71 Å². The summed E-state index contributed by atoms with van der Waals surface area (Å²) in [6.07, 6.45) is 6.93. The number of primary amides is 1. The number of hydrogen-bond donors (Lipinski definition) is 3. The maximum absolute atomic E-state index is 13.0. The lowest BCUT2D eigenvalue weighted by atomic mass is 9.67. The zero-order chi connectivity index (χ0) is 18.8. The molecule has 0 aromatic carbocycles. The van der Waals surface area contributed by atoms with Gasteiger partial charge in [-0.05, 0) is 38.5 Å². The molecule has 0 aromatic rings. The van der Waals surface area contributed by atoms with Crippen molar-refractivity contribution in [1.29, 1.82) is 0 Å². The zero-order valence-corrected chi connectivity index (χ0v) is 15.2. The summed E-state index contributed by atoms with van der Waals surface area (Å²) in [5.41, 5.74) is 3.59. The number of rotatable bonds is 3. The van der Waals surface area contributed by atoms with Crippen molar-refractivity contribution in [3.8, 4) is 0 Å². The van der Waals surface area contributed by atoms with Gasteiger partial charge in [-0.2, -0.15) is 0 Å². The van der Waals surface area contributed by atoms with E-state index in [2.05, 4.69) is 12.1 Å². The lowest BCUT2D eigenvalue weighted by Crippen LogP contribution is -2.50. The number of hydrogen-bond acceptors (Lipinski definition) is 5. The quantitative estimate of drug-likeness (QED) is 0.408. The Morgan fingerprint density at radius 3 is 2.64 bits per heavy atom. The van der Waals surface area contributed by atoms with E-state index in [9.17, 15) is 19.9 Å². The highest BCUT2D eigenvalue weighted by molar-refractivity contribution is 6.41. The van der Waals surface area contributed by atoms with Gasteiger partial charge in [0.05, 0.1) is 5.60 Å². The molecule has 1 aliphatic heterocycles. The van der Waals surface area contributed by atoms with E-state index in [4.69, 9.17) is 5.73 Å². The second kappa shape index (κ2) is 7.15. The summed E-state index contributed by atoms with van der Waals surface area (Å²) < 4.78 is 0. The lowest BCUT2D eigenvalue weighted by molar-refractivity contribution is -0.131. The molecule has 3 unspecified atom stereocenters. The molecule has 1 fully saturated rings. The predicted molar refractivity (Wildman–Crippen MR) is 93.8 cm³/mol. The van der Waals surface area contributed by atoms with Gasteiger partial charge in [-0.3, -0.25) is 9.59 Å². The van der Waals surface area contributed by atoms with Crippen LogP contribution in [0.5, 0.6) is 0 Å². The van der Waals surface area contributed by atoms with Crippen LogP contribution >= 0.6 is 0 Å². The Labute approximate surface area is 148 Å². The molecule has 2 amide bonds. The van der Waals surface area contributed by atoms with Crippen molar-refractivity contribution in [2.75, 3.05) is 0 Å². The van der Waals surface area contributed by atoms with Crippen LogP contribution in [-0.4, -0.2) is 44.4 Å². The number of nitrogens with two attached hydrogens (primary N) is 1. The molecule has 1 heterocycles. The molecule has 7 heteroatoms. The molecule has 7 nitrogen and oxygen atoms in total. The molecule has 2 rings (SSSR count). The van der Waals surface area contributed by atoms with E-state index < -0.39 is 28.9 Å². The molecule has 4 atom stereocenters. The summed E-state index contributed by atoms with van der Waals surface area (Å²) in [7, 11) is 0. The first-order chi connectivity index (χ1) is 11.6. The average Bonchev–Trinajstić information content (AvgIpc) is 2.94. The first-order valence-electron chi connectivity index (χ1n) is 8.83. The van der Waals surface area contributed by atoms with Crippen molar-refractivity contribution in [2.45, 2.75) is 70.9 Å². The molecular formula is C18H29N3O4. The van der Waals surface area contributed by atoms with Crippen LogP contribution in [0, 0.1) is 11.3 Å². The standard InChI is InChI=1S/C18H29N3O4/c1-12-6-4-8-17(2,11-18(3,24)10-12)14(20-25)16(23)21-9-5-7-13(21)15(19)22/h5,9,12-13,24-25H,4,6-8,10-11H2,1-3H3,(H2,19,22)/b20-14-/t12?,13?,17?,18-/m0/s1. The Hall–Kier alpha value is -1.89. The molecule has 0 saturated heterocycles. The summed E-state index contributed by atoms with van der Waals surface area (Å²) in [6.45, 7) is 5.70. The van der Waals surface area contributed by atoms with Crippen molar-refractivity contribution in [3.63, 3.8) is 0 Å². The van der Waals surface area contributed by atoms with E-state index in [1.807, 2.05) is 6.92 Å². The minimum Gasteiger partial charge on any atom is -0.410 e. The third-order valence-electron chi connectivity index (χ3n) is 5.38. The molecular weight excluding hydrogens is 322 g/mol. The number of nitrogens with zero attached hydrogens (tertiary/aromatic N) is 2. The van der Waals surface area contributed by atoms with Crippen molar-refractivity contribution < 1.29 is 19.9 Å². The third-order valence-corrected chi connectivity index (χ3v) is 5.38. The van der Waals surface area contributed by atoms with Crippen molar-refractivity contribution >= 4 is 17.5 Å². The zero-order valence-electron chi connectivity index (χ0n) is 15.2. The Morgan fingerprint density at radius 1 is 1.36 bits per heavy atom. The van der Waals surface area contributed by atoms with Crippen LogP contribution in [0.25, 0.3) is 0 Å². The summed E-state index contributed by atoms with van der Waals surface area (Å²) in [6, 6.07) is -0.762. The molecule has 0 aromatic heterocycles. The summed E-state index contributed by atoms with van der Waals surface area (Å²) in [4.78, 5) is 25.8. The first kappa shape index (κ1) is 19.4. The van der Waals surface area contributed by atoms with Gasteiger partial charge in [-0.1, -0.05) is 37.9 Å². The molecule has 0 radical (unpaired) electrons. The van der Waals surface area contributed by atoms with Crippen molar-refractivity contribution in [1.82, 2.24) is 4.90 Å². The van der Waals surface area contributed by atoms with Gasteiger partial charge in [0.25, 0.3) is 5.91 Å². The van der Waals surface area contributed by atoms with Gasteiger partial charge in [0, 0.05) is 11.6 Å². The van der Waals surface area contributed by atoms with Crippen LogP contribution in [0.2, 0.25) is 0 Å². The van der Waals surface area contributed by atoms with Gasteiger partial charge in [0.1, 0.15) is 6.04 Å². The molecule has 1 saturated carbocycles. The number of aliphatic hydroxyl groups is 1. The minimum atomic E-state index is -0.964. The third kappa shape index (κ3) is 4.21. The second-order valence-corrected chi connectivity index (χ2v) is 8.14. The van der Waals surface area contributed by atoms with Crippen LogP contribution in [0.4, 0.5) is 0 Å². The van der Waals surface area contributed by atoms with E-state index in [1.165, 1.54) is 11.1 Å². The maximum Gasteiger partial charge on any atom is 0.276 e. The van der Waals surface area contributed by atoms with Crippen LogP contribution in [0.1, 0.15) is 59.3 Å². The highest BCUT2D eigenvalue weighted by Gasteiger charge is 2.45. The largest absolute Gasteiger partial charge is 0.410 e. The summed E-state index contributed by atoms with van der Waals surface area (Å²) in [5, 5.41) is 23.7. The number of carbonyl (C=O) groups is 2. The molecule has 1 aliphatic carbocycles. The van der Waals surface area contributed by atoms with E-state index in [1.54, 1.807) is 13.0 Å². The Bertz CT molecular complexity index is 599. The molecule has 0 bridgehead atoms. The van der Waals surface area contributed by atoms with Crippen LogP contribution in [0.3, 0.4) is 0 Å². The molecule has 140 valence electrons. The summed E-state index contributed by atoms with van der Waals surface area (Å²) >= 11 is 0. The second-order valence-electron chi connectivity index (χ2n) is 8.14. The highest BCUT2D eigenvalue weighted by atomic mass is 16.4. The molecule has 0 spiro atoms. The normalized spacial score (nSPS) is 36.8. The predicted octanol–water partition coefficient (Wildman–Crippen LogP) is 1.77. The fourth-order valence-electron chi connectivity index (χ4n) is 4.42. The van der Waals surface area contributed by atoms with E-state index in [0.29, 0.717) is 31.6 Å². The van der Waals surface area contributed by atoms with Crippen LogP contribution < -0.4 is 5.73 Å². The van der Waals surface area contributed by atoms with Gasteiger partial charge in [0.15, 0.2) is 5.71 Å². The van der Waals surface area contributed by atoms with Gasteiger partial charge < -0.3 is 20.9 Å². The lowest BCUT2D eigenvalue weighted by Gasteiger charge is -2.40. The first-order valence-corrected chi connectivity index (χ1v) is 8.83. The SMILES string of the molecule is CC1CCCC(C)(/C(=N\O)C(=O)N2C=CCC2C(N)=O)C[C@@](C)(O)C1. The van der Waals surface area contributed by atoms with Gasteiger partial charge in [0.2, 0.25) is 5.91 Å². The molecule has 2 aliphatic rings. The maximum atomic E-state index is 13.0. The van der Waals surface area contributed by atoms with Crippen LogP contribution in [0.15, 0.2) is 17.4 Å². The number of carbonyl (C=O) groups excluding carboxylic acids is 2. The Kier molecular flexibility index (Phi) is 5.56. The topological polar surface area (TPSA) is 116 Å². The highest BCUT2D eigenvalue weighted by Crippen LogP contribution is 2.42. The average molecular weight is 351 g/mol. The Morgan fingerprint density at radius 2 is 2.04 bits per heavy atom. The fraction of sp³-hybridized carbons (Fsp3) is 0.722. The Balaban J connectivity index is 2.30. The van der Waals surface area contributed by atoms with Crippen molar-refractivity contribution in [3.05, 3.63) is 12.3 Å². The number of oxime groups is 1. The van der Waals surface area contributed by atoms with Crippen molar-refractivity contribution in [2.24, 2.45) is 22.2 Å². The number of amides is 2. The molecule has 25 heavy (non-hydrogen) atoms. The molecule has 4 N–H and O–H groups in total. The monoisotopic (exact) mass is 351 g/mol. The van der Waals surface area contributed by atoms with Crippen LogP contribution in [-0.2, 0) is 9.59 Å². The van der Waals surface area contributed by atoms with E-state index >= 15 is 0 Å².